The van der Waals surface area contributed by atoms with Gasteiger partial charge in [0.25, 0.3) is 0 Å². The van der Waals surface area contributed by atoms with Gasteiger partial charge in [0.05, 0.1) is 18.5 Å². The normalized spacial score (nSPS) is 16.6. The Labute approximate surface area is 99.0 Å². The highest BCUT2D eigenvalue weighted by atomic mass is 19.4. The Bertz CT molecular complexity index is 524. The van der Waals surface area contributed by atoms with E-state index >= 15 is 0 Å². The third-order valence-corrected chi connectivity index (χ3v) is 2.55. The molecule has 18 heavy (non-hydrogen) atoms. The van der Waals surface area contributed by atoms with E-state index in [0.29, 0.717) is 12.1 Å². The summed E-state index contributed by atoms with van der Waals surface area (Å²) < 4.78 is 50.5. The van der Waals surface area contributed by atoms with Gasteiger partial charge in [-0.3, -0.25) is 9.59 Å². The molecule has 3 nitrogen and oxygen atoms in total. The van der Waals surface area contributed by atoms with Gasteiger partial charge < -0.3 is 4.90 Å². The number of hydrogen-bond donors (Lipinski definition) is 0. The lowest BCUT2D eigenvalue weighted by atomic mass is 10.1. The minimum absolute atomic E-state index is 0.125. The van der Waals surface area contributed by atoms with Gasteiger partial charge >= 0.3 is 6.18 Å². The second-order valence-electron chi connectivity index (χ2n) is 3.86. The number of nitrogens with zero attached hydrogens (tertiary/aromatic N) is 1. The number of halogens is 4. The zero-order valence-corrected chi connectivity index (χ0v) is 8.92. The molecule has 2 rings (SSSR count). The van der Waals surface area contributed by atoms with Crippen molar-refractivity contribution < 1.29 is 27.2 Å². The summed E-state index contributed by atoms with van der Waals surface area (Å²) in [5, 5.41) is 0. The number of carbonyl (C=O) groups is 2. The van der Waals surface area contributed by atoms with E-state index in [1.165, 1.54) is 0 Å². The summed E-state index contributed by atoms with van der Waals surface area (Å²) in [4.78, 5) is 23.3. The number of Topliss-reactive ketones (excluding diaryl/α,β-unsaturated/α-hetero) is 1. The molecule has 1 aliphatic rings. The standard InChI is InChI=1S/C11H7F4NO2/c12-9-2-1-6(3-8(9)11(13,14)15)16-5-7(17)4-10(16)18/h1-3H,4-5H2. The molecule has 0 spiro atoms. The summed E-state index contributed by atoms with van der Waals surface area (Å²) in [6.07, 6.45) is -5.17. The van der Waals surface area contributed by atoms with Crippen molar-refractivity contribution in [2.45, 2.75) is 12.6 Å². The van der Waals surface area contributed by atoms with Crippen molar-refractivity contribution in [1.82, 2.24) is 0 Å². The maximum atomic E-state index is 13.0. The Balaban J connectivity index is 2.42. The monoisotopic (exact) mass is 261 g/mol. The SMILES string of the molecule is O=C1CC(=O)N(c2ccc(F)c(C(F)(F)F)c2)C1. The minimum Gasteiger partial charge on any atom is -0.305 e. The average molecular weight is 261 g/mol. The zero-order valence-electron chi connectivity index (χ0n) is 8.92. The van der Waals surface area contributed by atoms with Crippen molar-refractivity contribution in [3.63, 3.8) is 0 Å². The van der Waals surface area contributed by atoms with Gasteiger partial charge in [-0.25, -0.2) is 4.39 Å². The number of benzene rings is 1. The molecule has 96 valence electrons. The lowest BCUT2D eigenvalue weighted by molar-refractivity contribution is -0.140. The molecule has 0 unspecified atom stereocenters. The quantitative estimate of drug-likeness (QED) is 0.573. The van der Waals surface area contributed by atoms with Crippen LogP contribution in [-0.2, 0) is 15.8 Å². The van der Waals surface area contributed by atoms with Crippen LogP contribution in [0, 0.1) is 5.82 Å². The molecule has 0 N–H and O–H groups in total. The molecular formula is C11H7F4NO2. The van der Waals surface area contributed by atoms with Crippen LogP contribution in [0.4, 0.5) is 23.2 Å². The summed E-state index contributed by atoms with van der Waals surface area (Å²) in [6.45, 7) is -0.276. The summed E-state index contributed by atoms with van der Waals surface area (Å²) >= 11 is 0. The lowest BCUT2D eigenvalue weighted by Gasteiger charge is -2.17. The van der Waals surface area contributed by atoms with Crippen LogP contribution in [-0.4, -0.2) is 18.2 Å². The van der Waals surface area contributed by atoms with Gasteiger partial charge in [0.2, 0.25) is 5.91 Å². The molecule has 7 heteroatoms. The van der Waals surface area contributed by atoms with E-state index in [0.717, 1.165) is 11.0 Å². The summed E-state index contributed by atoms with van der Waals surface area (Å²) in [5.74, 6) is -2.37. The van der Waals surface area contributed by atoms with Gasteiger partial charge in [0.15, 0.2) is 5.78 Å². The fourth-order valence-electron chi connectivity index (χ4n) is 1.72. The molecule has 1 aliphatic heterocycles. The number of alkyl halides is 3. The van der Waals surface area contributed by atoms with Gasteiger partial charge in [-0.15, -0.1) is 0 Å². The van der Waals surface area contributed by atoms with Gasteiger partial charge in [-0.2, -0.15) is 13.2 Å². The molecule has 0 saturated carbocycles. The molecular weight excluding hydrogens is 254 g/mol. The van der Waals surface area contributed by atoms with E-state index in [4.69, 9.17) is 0 Å². The fraction of sp³-hybridized carbons (Fsp3) is 0.273. The first-order valence-corrected chi connectivity index (χ1v) is 4.98. The topological polar surface area (TPSA) is 37.4 Å². The van der Waals surface area contributed by atoms with Gasteiger partial charge in [0.1, 0.15) is 5.82 Å². The Kier molecular flexibility index (Phi) is 2.84. The number of ketones is 1. The molecule has 1 heterocycles. The first-order valence-electron chi connectivity index (χ1n) is 4.98. The number of amides is 1. The molecule has 0 bridgehead atoms. The van der Waals surface area contributed by atoms with Gasteiger partial charge in [0, 0.05) is 5.69 Å². The lowest BCUT2D eigenvalue weighted by Crippen LogP contribution is -2.25. The highest BCUT2D eigenvalue weighted by molar-refractivity contribution is 6.15. The zero-order chi connectivity index (χ0) is 13.5. The Morgan fingerprint density at radius 3 is 2.33 bits per heavy atom. The van der Waals surface area contributed by atoms with Crippen molar-refractivity contribution in [2.75, 3.05) is 11.4 Å². The van der Waals surface area contributed by atoms with E-state index in [9.17, 15) is 27.2 Å². The predicted molar refractivity (Wildman–Crippen MR) is 53.4 cm³/mol. The Morgan fingerprint density at radius 2 is 1.83 bits per heavy atom. The van der Waals surface area contributed by atoms with E-state index in [-0.39, 0.29) is 24.4 Å². The number of hydrogen-bond acceptors (Lipinski definition) is 2. The van der Waals surface area contributed by atoms with Crippen LogP contribution in [0.3, 0.4) is 0 Å². The van der Waals surface area contributed by atoms with Gasteiger partial charge in [-0.05, 0) is 18.2 Å². The minimum atomic E-state index is -4.84. The summed E-state index contributed by atoms with van der Waals surface area (Å²) in [6, 6.07) is 2.21. The van der Waals surface area contributed by atoms with Crippen molar-refractivity contribution >= 4 is 17.4 Å². The summed E-state index contributed by atoms with van der Waals surface area (Å²) in [7, 11) is 0. The third kappa shape index (κ3) is 2.20. The van der Waals surface area contributed by atoms with Crippen LogP contribution in [0.1, 0.15) is 12.0 Å². The third-order valence-electron chi connectivity index (χ3n) is 2.55. The highest BCUT2D eigenvalue weighted by Gasteiger charge is 2.36. The fourth-order valence-corrected chi connectivity index (χ4v) is 1.72. The maximum absolute atomic E-state index is 13.0. The van der Waals surface area contributed by atoms with Crippen molar-refractivity contribution in [3.05, 3.63) is 29.6 Å². The predicted octanol–water partition coefficient (Wildman–Crippen LogP) is 2.15. The highest BCUT2D eigenvalue weighted by Crippen LogP contribution is 2.34. The van der Waals surface area contributed by atoms with Crippen LogP contribution in [0.25, 0.3) is 0 Å². The van der Waals surface area contributed by atoms with Crippen molar-refractivity contribution in [3.8, 4) is 0 Å². The van der Waals surface area contributed by atoms with Crippen molar-refractivity contribution in [2.24, 2.45) is 0 Å². The molecule has 0 atom stereocenters. The molecule has 1 saturated heterocycles. The van der Waals surface area contributed by atoms with E-state index in [2.05, 4.69) is 0 Å². The molecule has 1 amide bonds. The Morgan fingerprint density at radius 1 is 1.17 bits per heavy atom. The van der Waals surface area contributed by atoms with Crippen LogP contribution in [0.15, 0.2) is 18.2 Å². The molecule has 1 aromatic rings. The number of rotatable bonds is 1. The van der Waals surface area contributed by atoms with Crippen molar-refractivity contribution in [1.29, 1.82) is 0 Å². The van der Waals surface area contributed by atoms with Crippen LogP contribution < -0.4 is 4.90 Å². The second kappa shape index (κ2) is 4.08. The summed E-state index contributed by atoms with van der Waals surface area (Å²) in [5.41, 5.74) is -1.58. The van der Waals surface area contributed by atoms with Crippen LogP contribution >= 0.6 is 0 Å². The molecule has 0 aromatic heterocycles. The molecule has 1 fully saturated rings. The Hall–Kier alpha value is -1.92. The van der Waals surface area contributed by atoms with Crippen LogP contribution in [0.5, 0.6) is 0 Å². The molecule has 1 aromatic carbocycles. The maximum Gasteiger partial charge on any atom is 0.419 e. The van der Waals surface area contributed by atoms with E-state index in [1.807, 2.05) is 0 Å². The number of anilines is 1. The van der Waals surface area contributed by atoms with E-state index < -0.39 is 23.5 Å². The smallest absolute Gasteiger partial charge is 0.305 e. The average Bonchev–Trinajstić information content (AvgIpc) is 2.57. The first-order chi connectivity index (χ1) is 8.29. The largest absolute Gasteiger partial charge is 0.419 e. The molecule has 0 radical (unpaired) electrons. The van der Waals surface area contributed by atoms with E-state index in [1.54, 1.807) is 0 Å². The van der Waals surface area contributed by atoms with Crippen LogP contribution in [0.2, 0.25) is 0 Å². The van der Waals surface area contributed by atoms with Gasteiger partial charge in [-0.1, -0.05) is 0 Å². The molecule has 0 aliphatic carbocycles. The second-order valence-corrected chi connectivity index (χ2v) is 3.86. The number of carbonyl (C=O) groups excluding carboxylic acids is 2. The first kappa shape index (κ1) is 12.5.